The van der Waals surface area contributed by atoms with E-state index in [1.807, 2.05) is 47.8 Å². The Morgan fingerprint density at radius 1 is 0.492 bits per heavy atom. The number of hydrogen-bond acceptors (Lipinski definition) is 4. The molecular formula is C53H76N4O2S2. The van der Waals surface area contributed by atoms with Gasteiger partial charge in [0.25, 0.3) is 0 Å². The first-order chi connectivity index (χ1) is 29.8. The Morgan fingerprint density at radius 2 is 0.820 bits per heavy atom. The maximum Gasteiger partial charge on any atom is 0.319 e. The van der Waals surface area contributed by atoms with E-state index in [4.69, 9.17) is 0 Å². The van der Waals surface area contributed by atoms with Crippen LogP contribution in [0.2, 0.25) is 0 Å². The molecule has 6 rings (SSSR count). The molecule has 8 heteroatoms. The van der Waals surface area contributed by atoms with Crippen molar-refractivity contribution < 1.29 is 9.59 Å². The van der Waals surface area contributed by atoms with Crippen LogP contribution in [-0.4, -0.2) is 34.6 Å². The topological polar surface area (TPSA) is 82.3 Å². The van der Waals surface area contributed by atoms with Gasteiger partial charge in [-0.2, -0.15) is 0 Å². The summed E-state index contributed by atoms with van der Waals surface area (Å²) in [5.41, 5.74) is 10.1. The molecule has 2 heterocycles. The lowest BCUT2D eigenvalue weighted by atomic mass is 9.72. The number of allylic oxidation sites excluding steroid dienone is 4. The summed E-state index contributed by atoms with van der Waals surface area (Å²) in [6.45, 7) is 10.9. The van der Waals surface area contributed by atoms with Crippen molar-refractivity contribution in [2.75, 3.05) is 23.7 Å². The molecule has 0 spiro atoms. The highest BCUT2D eigenvalue weighted by Crippen LogP contribution is 2.70. The van der Waals surface area contributed by atoms with Crippen LogP contribution < -0.4 is 21.3 Å². The Morgan fingerprint density at radius 3 is 1.16 bits per heavy atom. The van der Waals surface area contributed by atoms with Crippen molar-refractivity contribution in [3.8, 4) is 0 Å². The van der Waals surface area contributed by atoms with E-state index >= 15 is 0 Å². The minimum Gasteiger partial charge on any atom is -0.338 e. The number of nitrogens with one attached hydrogen (secondary N) is 4. The lowest BCUT2D eigenvalue weighted by molar-refractivity contribution is 0.251. The van der Waals surface area contributed by atoms with Crippen LogP contribution in [0.15, 0.2) is 83.0 Å². The molecule has 2 aromatic carbocycles. The van der Waals surface area contributed by atoms with Crippen LogP contribution in [0, 0.1) is 0 Å². The third-order valence-corrected chi connectivity index (χ3v) is 16.8. The quantitative estimate of drug-likeness (QED) is 0.0710. The Bertz CT molecular complexity index is 1740. The van der Waals surface area contributed by atoms with Gasteiger partial charge in [-0.25, -0.2) is 9.59 Å². The van der Waals surface area contributed by atoms with Crippen LogP contribution in [0.5, 0.6) is 0 Å². The number of anilines is 2. The molecule has 332 valence electrons. The smallest absolute Gasteiger partial charge is 0.319 e. The van der Waals surface area contributed by atoms with Gasteiger partial charge in [-0.1, -0.05) is 154 Å². The molecule has 1 saturated carbocycles. The summed E-state index contributed by atoms with van der Waals surface area (Å²) >= 11 is 4.00. The second-order valence-electron chi connectivity index (χ2n) is 18.2. The van der Waals surface area contributed by atoms with Gasteiger partial charge in [-0.15, -0.1) is 23.5 Å². The zero-order chi connectivity index (χ0) is 42.9. The number of unbranched alkanes of at least 4 members (excludes halogenated alkanes) is 18. The van der Waals surface area contributed by atoms with E-state index in [1.165, 1.54) is 154 Å². The number of urea groups is 2. The molecule has 2 atom stereocenters. The lowest BCUT2D eigenvalue weighted by Gasteiger charge is -2.47. The summed E-state index contributed by atoms with van der Waals surface area (Å²) in [5, 5.41) is 12.2. The van der Waals surface area contributed by atoms with Crippen LogP contribution in [0.4, 0.5) is 21.0 Å². The highest BCUT2D eigenvalue weighted by molar-refractivity contribution is 8.14. The van der Waals surface area contributed by atoms with Gasteiger partial charge in [0, 0.05) is 34.3 Å². The molecule has 2 unspecified atom stereocenters. The fraction of sp³-hybridized carbons (Fsp3) is 0.585. The molecule has 1 fully saturated rings. The van der Waals surface area contributed by atoms with Crippen LogP contribution in [0.3, 0.4) is 0 Å². The van der Waals surface area contributed by atoms with E-state index in [1.54, 1.807) is 11.1 Å². The Balaban J connectivity index is 0.962. The van der Waals surface area contributed by atoms with Crippen molar-refractivity contribution in [1.29, 1.82) is 0 Å². The number of thioether (sulfide) groups is 2. The molecule has 4 aliphatic rings. The molecule has 2 aliphatic carbocycles. The monoisotopic (exact) mass is 865 g/mol. The lowest BCUT2D eigenvalue weighted by Crippen LogP contribution is -2.47. The van der Waals surface area contributed by atoms with E-state index in [0.29, 0.717) is 13.1 Å². The summed E-state index contributed by atoms with van der Waals surface area (Å²) in [7, 11) is 0. The van der Waals surface area contributed by atoms with Gasteiger partial charge in [0.05, 0.1) is 9.49 Å². The highest BCUT2D eigenvalue weighted by atomic mass is 32.2. The first-order valence-corrected chi connectivity index (χ1v) is 26.0. The molecule has 4 N–H and O–H groups in total. The van der Waals surface area contributed by atoms with Crippen LogP contribution in [-0.2, 0) is 0 Å². The predicted molar refractivity (Wildman–Crippen MR) is 266 cm³/mol. The summed E-state index contributed by atoms with van der Waals surface area (Å²) in [5.74, 6) is 0. The number of carbonyl (C=O) groups excluding carboxylic acids is 2. The molecule has 0 aromatic heterocycles. The van der Waals surface area contributed by atoms with Crippen molar-refractivity contribution in [3.63, 3.8) is 0 Å². The Kier molecular flexibility index (Phi) is 18.5. The second kappa shape index (κ2) is 23.9. The zero-order valence-electron chi connectivity index (χ0n) is 38.1. The number of hydrogen-bond donors (Lipinski definition) is 4. The number of fused-ring (bicyclic) bond motifs is 4. The molecule has 0 saturated heterocycles. The number of carbonyl (C=O) groups is 2. The fourth-order valence-electron chi connectivity index (χ4n) is 9.64. The second-order valence-corrected chi connectivity index (χ2v) is 21.1. The van der Waals surface area contributed by atoms with Gasteiger partial charge in [-0.3, -0.25) is 0 Å². The first kappa shape index (κ1) is 47.1. The molecule has 2 aromatic rings. The summed E-state index contributed by atoms with van der Waals surface area (Å²) < 4.78 is -0.244. The molecule has 6 nitrogen and oxygen atoms in total. The van der Waals surface area contributed by atoms with Gasteiger partial charge < -0.3 is 21.3 Å². The van der Waals surface area contributed by atoms with Crippen molar-refractivity contribution >= 4 is 56.8 Å². The molecule has 0 bridgehead atoms. The SMILES string of the molecule is CCCCCCCCCCCCNC(=O)Nc1ccc(C2=CC3=C4CCCC4=C4C=C(c5ccc(NC(=O)NCCCCCCCCCCCC)cc5)SC4(C)C3(C)S2)cc1. The third kappa shape index (κ3) is 12.6. The van der Waals surface area contributed by atoms with Crippen molar-refractivity contribution in [3.05, 3.63) is 94.1 Å². The van der Waals surface area contributed by atoms with E-state index in [9.17, 15) is 9.59 Å². The van der Waals surface area contributed by atoms with Gasteiger partial charge in [0.1, 0.15) is 0 Å². The maximum atomic E-state index is 12.7. The largest absolute Gasteiger partial charge is 0.338 e. The number of benzene rings is 2. The van der Waals surface area contributed by atoms with Crippen LogP contribution in [0.25, 0.3) is 9.81 Å². The minimum atomic E-state index is -0.128. The molecule has 0 radical (unpaired) electrons. The third-order valence-electron chi connectivity index (χ3n) is 13.5. The van der Waals surface area contributed by atoms with Gasteiger partial charge in [0.2, 0.25) is 0 Å². The Hall–Kier alpha value is -3.36. The van der Waals surface area contributed by atoms with Crippen LogP contribution >= 0.6 is 23.5 Å². The highest BCUT2D eigenvalue weighted by Gasteiger charge is 2.59. The minimum absolute atomic E-state index is 0.122. The number of amides is 4. The van der Waals surface area contributed by atoms with Gasteiger partial charge >= 0.3 is 12.1 Å². The molecule has 61 heavy (non-hydrogen) atoms. The standard InChI is InChI=1S/C53H76N4O2S2/c1-5-7-9-11-13-15-17-19-21-23-36-54-50(58)56-42-32-28-40(29-33-42)48-38-46-44-26-25-27-45(44)47-39-49(61-53(47,4)52(46,3)60-48)41-30-34-43(35-31-41)57-51(59)55-37-24-22-20-18-16-14-12-10-8-6-2/h28-35,38-39H,5-27,36-37H2,1-4H3,(H2,54,56,58)(H2,55,57,59). The van der Waals surface area contributed by atoms with Crippen molar-refractivity contribution in [2.45, 2.75) is 185 Å². The summed E-state index contributed by atoms with van der Waals surface area (Å²) in [4.78, 5) is 28.0. The van der Waals surface area contributed by atoms with Gasteiger partial charge in [-0.05, 0) is 116 Å². The molecule has 4 amide bonds. The Labute approximate surface area is 377 Å². The molecule has 2 aliphatic heterocycles. The first-order valence-electron chi connectivity index (χ1n) is 24.4. The normalized spacial score (nSPS) is 20.3. The van der Waals surface area contributed by atoms with E-state index in [-0.39, 0.29) is 21.6 Å². The van der Waals surface area contributed by atoms with E-state index in [0.717, 1.165) is 37.1 Å². The van der Waals surface area contributed by atoms with E-state index < -0.39 is 0 Å². The zero-order valence-corrected chi connectivity index (χ0v) is 39.7. The predicted octanol–water partition coefficient (Wildman–Crippen LogP) is 16.0. The van der Waals surface area contributed by atoms with Crippen LogP contribution in [0.1, 0.15) is 187 Å². The summed E-state index contributed by atoms with van der Waals surface area (Å²) in [6.07, 6.45) is 34.2. The summed E-state index contributed by atoms with van der Waals surface area (Å²) in [6, 6.07) is 16.5. The van der Waals surface area contributed by atoms with Crippen molar-refractivity contribution in [2.24, 2.45) is 0 Å². The maximum absolute atomic E-state index is 12.7. The van der Waals surface area contributed by atoms with E-state index in [2.05, 4.69) is 85.4 Å². The average molecular weight is 865 g/mol. The number of rotatable bonds is 26. The molecular weight excluding hydrogens is 789 g/mol. The van der Waals surface area contributed by atoms with Crippen molar-refractivity contribution in [1.82, 2.24) is 10.6 Å². The fourth-order valence-corrected chi connectivity index (χ4v) is 12.8. The average Bonchev–Trinajstić information content (AvgIpc) is 3.99. The van der Waals surface area contributed by atoms with Gasteiger partial charge in [0.15, 0.2) is 0 Å².